The Morgan fingerprint density at radius 3 is 2.48 bits per heavy atom. The average Bonchev–Trinajstić information content (AvgIpc) is 2.56. The summed E-state index contributed by atoms with van der Waals surface area (Å²) in [5.41, 5.74) is 0.971. The number of hydrogen-bond donors (Lipinski definition) is 0. The van der Waals surface area contributed by atoms with Gasteiger partial charge >= 0.3 is 0 Å². The fourth-order valence-corrected chi connectivity index (χ4v) is 5.37. The first-order chi connectivity index (χ1) is 11.1. The maximum Gasteiger partial charge on any atom is 0.250 e. The minimum Gasteiger partial charge on any atom is -0.312 e. The van der Waals surface area contributed by atoms with Crippen molar-refractivity contribution < 1.29 is 8.42 Å². The number of benzene rings is 1. The van der Waals surface area contributed by atoms with Crippen molar-refractivity contribution in [2.45, 2.75) is 23.8 Å². The van der Waals surface area contributed by atoms with Gasteiger partial charge in [-0.2, -0.15) is 4.31 Å². The highest BCUT2D eigenvalue weighted by Gasteiger charge is 2.39. The van der Waals surface area contributed by atoms with Crippen LogP contribution in [0.2, 0.25) is 0 Å². The Hall–Kier alpha value is -1.92. The van der Waals surface area contributed by atoms with E-state index in [1.165, 1.54) is 0 Å². The number of pyridine rings is 1. The van der Waals surface area contributed by atoms with Gasteiger partial charge in [0.15, 0.2) is 0 Å². The molecule has 1 aromatic heterocycles. The van der Waals surface area contributed by atoms with Crippen molar-refractivity contribution in [3.8, 4) is 0 Å². The topological polar surface area (TPSA) is 59.4 Å². The maximum atomic E-state index is 12.9. The molecule has 1 aromatic carbocycles. The van der Waals surface area contributed by atoms with E-state index in [1.807, 2.05) is 16.7 Å². The fraction of sp³-hybridized carbons (Fsp3) is 0.353. The molecule has 3 heterocycles. The van der Waals surface area contributed by atoms with Crippen LogP contribution in [0.15, 0.2) is 58.2 Å². The predicted octanol–water partition coefficient (Wildman–Crippen LogP) is 1.66. The summed E-state index contributed by atoms with van der Waals surface area (Å²) in [6.07, 6.45) is 0.949. The number of nitrogens with zero attached hydrogens (tertiary/aromatic N) is 2. The lowest BCUT2D eigenvalue weighted by molar-refractivity contribution is 0.186. The maximum absolute atomic E-state index is 12.9. The normalized spacial score (nSPS) is 24.2. The van der Waals surface area contributed by atoms with E-state index >= 15 is 0 Å². The summed E-state index contributed by atoms with van der Waals surface area (Å²) in [6, 6.07) is 13.9. The molecule has 0 aliphatic carbocycles. The zero-order valence-electron chi connectivity index (χ0n) is 12.6. The van der Waals surface area contributed by atoms with Gasteiger partial charge in [-0.1, -0.05) is 24.3 Å². The standard InChI is InChI=1S/C17H18N2O3S/c20-17-8-4-7-16-14-9-13(11-19(16)17)10-18(12-14)23(21,22)15-5-2-1-3-6-15/h1-8,13-14H,9-12H2/t13-,14+/m1/s1. The molecule has 0 unspecified atom stereocenters. The Morgan fingerprint density at radius 2 is 1.70 bits per heavy atom. The molecule has 0 amide bonds. The zero-order valence-corrected chi connectivity index (χ0v) is 13.4. The molecule has 0 spiro atoms. The number of hydrogen-bond acceptors (Lipinski definition) is 3. The first-order valence-corrected chi connectivity index (χ1v) is 9.24. The summed E-state index contributed by atoms with van der Waals surface area (Å²) >= 11 is 0. The van der Waals surface area contributed by atoms with Crippen molar-refractivity contribution in [3.63, 3.8) is 0 Å². The van der Waals surface area contributed by atoms with Gasteiger partial charge in [0.2, 0.25) is 10.0 Å². The fourth-order valence-electron chi connectivity index (χ4n) is 3.79. The lowest BCUT2D eigenvalue weighted by Crippen LogP contribution is -2.48. The van der Waals surface area contributed by atoms with Crippen molar-refractivity contribution in [3.05, 3.63) is 64.6 Å². The third-order valence-corrected chi connectivity index (χ3v) is 6.67. The van der Waals surface area contributed by atoms with Crippen molar-refractivity contribution in [2.24, 2.45) is 5.92 Å². The molecular weight excluding hydrogens is 312 g/mol. The smallest absolute Gasteiger partial charge is 0.250 e. The quantitative estimate of drug-likeness (QED) is 0.841. The molecule has 2 atom stereocenters. The molecule has 2 aliphatic heterocycles. The Labute approximate surface area is 135 Å². The number of sulfonamides is 1. The van der Waals surface area contributed by atoms with Gasteiger partial charge < -0.3 is 4.57 Å². The lowest BCUT2D eigenvalue weighted by atomic mass is 9.84. The van der Waals surface area contributed by atoms with Crippen LogP contribution < -0.4 is 5.56 Å². The zero-order chi connectivity index (χ0) is 16.0. The van der Waals surface area contributed by atoms with Gasteiger partial charge in [-0.05, 0) is 30.5 Å². The molecule has 6 heteroatoms. The van der Waals surface area contributed by atoms with Crippen molar-refractivity contribution in [1.82, 2.24) is 8.87 Å². The minimum atomic E-state index is -3.47. The molecule has 0 saturated carbocycles. The van der Waals surface area contributed by atoms with E-state index in [1.54, 1.807) is 40.7 Å². The van der Waals surface area contributed by atoms with Crippen LogP contribution in [0.1, 0.15) is 18.0 Å². The Morgan fingerprint density at radius 1 is 0.913 bits per heavy atom. The molecule has 23 heavy (non-hydrogen) atoms. The van der Waals surface area contributed by atoms with E-state index in [0.717, 1.165) is 12.1 Å². The summed E-state index contributed by atoms with van der Waals surface area (Å²) in [5, 5.41) is 0. The SMILES string of the molecule is O=c1cccc2n1C[C@@H]1C[C@H]2CN(S(=O)(=O)c2ccccc2)C1. The number of fused-ring (bicyclic) bond motifs is 4. The van der Waals surface area contributed by atoms with Gasteiger partial charge in [-0.25, -0.2) is 8.42 Å². The largest absolute Gasteiger partial charge is 0.312 e. The third kappa shape index (κ3) is 2.42. The monoisotopic (exact) mass is 330 g/mol. The average molecular weight is 330 g/mol. The van der Waals surface area contributed by atoms with Gasteiger partial charge in [0.25, 0.3) is 5.56 Å². The first-order valence-electron chi connectivity index (χ1n) is 7.80. The van der Waals surface area contributed by atoms with Crippen LogP contribution in [0.5, 0.6) is 0 Å². The third-order valence-electron chi connectivity index (χ3n) is 4.83. The van der Waals surface area contributed by atoms with Gasteiger partial charge in [0.05, 0.1) is 4.90 Å². The van der Waals surface area contributed by atoms with Crippen LogP contribution in [-0.2, 0) is 16.6 Å². The minimum absolute atomic E-state index is 0.0107. The van der Waals surface area contributed by atoms with Crippen LogP contribution in [0.25, 0.3) is 0 Å². The van der Waals surface area contributed by atoms with Gasteiger partial charge in [0.1, 0.15) is 0 Å². The molecule has 0 N–H and O–H groups in total. The van der Waals surface area contributed by atoms with Crippen molar-refractivity contribution >= 4 is 10.0 Å². The van der Waals surface area contributed by atoms with E-state index in [2.05, 4.69) is 0 Å². The van der Waals surface area contributed by atoms with Crippen LogP contribution in [-0.4, -0.2) is 30.4 Å². The Bertz CT molecular complexity index is 890. The second kappa shape index (κ2) is 5.32. The predicted molar refractivity (Wildman–Crippen MR) is 86.8 cm³/mol. The highest BCUT2D eigenvalue weighted by molar-refractivity contribution is 7.89. The molecule has 2 aromatic rings. The molecule has 0 radical (unpaired) electrons. The molecule has 1 fully saturated rings. The van der Waals surface area contributed by atoms with E-state index in [-0.39, 0.29) is 17.4 Å². The molecule has 2 bridgehead atoms. The number of piperidine rings is 1. The second-order valence-corrected chi connectivity index (χ2v) is 8.27. The molecule has 2 aliphatic rings. The van der Waals surface area contributed by atoms with Crippen LogP contribution >= 0.6 is 0 Å². The molecule has 5 nitrogen and oxygen atoms in total. The summed E-state index contributed by atoms with van der Waals surface area (Å²) < 4.78 is 29.1. The Kier molecular flexibility index (Phi) is 3.39. The Balaban J connectivity index is 1.70. The molecular formula is C17H18N2O3S. The summed E-state index contributed by atoms with van der Waals surface area (Å²) in [4.78, 5) is 12.4. The lowest BCUT2D eigenvalue weighted by Gasteiger charge is -2.42. The van der Waals surface area contributed by atoms with Crippen molar-refractivity contribution in [2.75, 3.05) is 13.1 Å². The summed E-state index contributed by atoms with van der Waals surface area (Å²) in [6.45, 7) is 1.53. The van der Waals surface area contributed by atoms with Crippen LogP contribution in [0, 0.1) is 5.92 Å². The van der Waals surface area contributed by atoms with Crippen LogP contribution in [0.4, 0.5) is 0 Å². The van der Waals surface area contributed by atoms with E-state index < -0.39 is 10.0 Å². The molecule has 120 valence electrons. The van der Waals surface area contributed by atoms with Gasteiger partial charge in [-0.3, -0.25) is 4.79 Å². The number of rotatable bonds is 2. The highest BCUT2D eigenvalue weighted by atomic mass is 32.2. The molecule has 4 rings (SSSR count). The first kappa shape index (κ1) is 14.7. The van der Waals surface area contributed by atoms with Gasteiger partial charge in [0, 0.05) is 37.3 Å². The van der Waals surface area contributed by atoms with Gasteiger partial charge in [-0.15, -0.1) is 0 Å². The van der Waals surface area contributed by atoms with Crippen molar-refractivity contribution in [1.29, 1.82) is 0 Å². The highest BCUT2D eigenvalue weighted by Crippen LogP contribution is 2.36. The van der Waals surface area contributed by atoms with E-state index in [0.29, 0.717) is 24.5 Å². The summed E-state index contributed by atoms with van der Waals surface area (Å²) in [5.74, 6) is 0.287. The van der Waals surface area contributed by atoms with Crippen LogP contribution in [0.3, 0.4) is 0 Å². The van der Waals surface area contributed by atoms with E-state index in [9.17, 15) is 13.2 Å². The van der Waals surface area contributed by atoms with E-state index in [4.69, 9.17) is 0 Å². The summed E-state index contributed by atoms with van der Waals surface area (Å²) in [7, 11) is -3.47. The number of aromatic nitrogens is 1. The molecule has 1 saturated heterocycles. The second-order valence-electron chi connectivity index (χ2n) is 6.33.